The van der Waals surface area contributed by atoms with Crippen molar-refractivity contribution in [2.24, 2.45) is 0 Å². The fourth-order valence-electron chi connectivity index (χ4n) is 3.50. The van der Waals surface area contributed by atoms with Crippen molar-refractivity contribution in [1.82, 2.24) is 19.5 Å². The summed E-state index contributed by atoms with van der Waals surface area (Å²) in [6.45, 7) is -1.26. The Balaban J connectivity index is 1.41. The summed E-state index contributed by atoms with van der Waals surface area (Å²) in [5.74, 6) is 0.202. The highest BCUT2D eigenvalue weighted by molar-refractivity contribution is 7.98. The molecule has 2 aromatic heterocycles. The quantitative estimate of drug-likeness (QED) is 0.180. The Labute approximate surface area is 203 Å². The van der Waals surface area contributed by atoms with Crippen LogP contribution in [0.2, 0.25) is 0 Å². The molecule has 7 unspecified atom stereocenters. The van der Waals surface area contributed by atoms with Gasteiger partial charge in [0.1, 0.15) is 30.4 Å². The second kappa shape index (κ2) is 9.22. The maximum atomic E-state index is 11.9. The molecule has 2 aromatic rings. The molecule has 5 heterocycles. The van der Waals surface area contributed by atoms with Crippen LogP contribution in [0.3, 0.4) is 0 Å². The number of aromatic nitrogens is 4. The van der Waals surface area contributed by atoms with Gasteiger partial charge in [-0.15, -0.1) is 8.62 Å². The van der Waals surface area contributed by atoms with Crippen molar-refractivity contribution >= 4 is 59.8 Å². The van der Waals surface area contributed by atoms with E-state index in [1.54, 1.807) is 10.8 Å². The van der Waals surface area contributed by atoms with E-state index < -0.39 is 62.0 Å². The smallest absolute Gasteiger partial charge is 0.382 e. The molecule has 0 aromatic carbocycles. The molecule has 0 saturated carbocycles. The van der Waals surface area contributed by atoms with E-state index in [0.717, 1.165) is 0 Å². The zero-order chi connectivity index (χ0) is 25.2. The number of nitrogens with zero attached hydrogens (tertiary/aromatic N) is 4. The Morgan fingerprint density at radius 2 is 1.91 bits per heavy atom. The zero-order valence-electron chi connectivity index (χ0n) is 17.3. The number of phosphoric acid groups is 2. The maximum absolute atomic E-state index is 11.9. The molecular formula is C13H21BN5O12P3S. The van der Waals surface area contributed by atoms with Crippen LogP contribution in [-0.2, 0) is 45.5 Å². The highest BCUT2D eigenvalue weighted by Gasteiger charge is 2.59. The number of imidazole rings is 1. The molecule has 3 aliphatic rings. The van der Waals surface area contributed by atoms with Gasteiger partial charge in [0, 0.05) is 7.11 Å². The Hall–Kier alpha value is -0.745. The summed E-state index contributed by atoms with van der Waals surface area (Å²) in [6, 6.07) is 0. The van der Waals surface area contributed by atoms with Gasteiger partial charge in [-0.3, -0.25) is 4.57 Å². The Morgan fingerprint density at radius 1 is 1.23 bits per heavy atom. The van der Waals surface area contributed by atoms with Crippen LogP contribution in [0.25, 0.3) is 11.2 Å². The highest BCUT2D eigenvalue weighted by atomic mass is 32.2. The van der Waals surface area contributed by atoms with Crippen LogP contribution in [-0.4, -0.2) is 81.6 Å². The molecule has 3 fully saturated rings. The molecule has 0 bridgehead atoms. The summed E-state index contributed by atoms with van der Waals surface area (Å²) in [5, 5.41) is 0.437. The minimum atomic E-state index is -4.83. The lowest BCUT2D eigenvalue weighted by Gasteiger charge is -2.32. The van der Waals surface area contributed by atoms with Crippen molar-refractivity contribution in [2.45, 2.75) is 36.2 Å². The van der Waals surface area contributed by atoms with E-state index in [2.05, 4.69) is 19.3 Å². The van der Waals surface area contributed by atoms with Crippen molar-refractivity contribution in [3.05, 3.63) is 6.33 Å². The predicted octanol–water partition coefficient (Wildman–Crippen LogP) is 0.0656. The molecule has 0 amide bonds. The highest BCUT2D eigenvalue weighted by Crippen LogP contribution is 2.83. The van der Waals surface area contributed by atoms with Gasteiger partial charge in [0.05, 0.1) is 6.33 Å². The second-order valence-electron chi connectivity index (χ2n) is 6.91. The van der Waals surface area contributed by atoms with Gasteiger partial charge >= 0.3 is 15.6 Å². The molecule has 0 aliphatic carbocycles. The number of rotatable bonds is 6. The first-order valence-corrected chi connectivity index (χ1v) is 14.6. The standard InChI is InChI=1S/C13H21BN5O12P3S/c1-24-13-27-7-5(3-25-32(14)29-33(20,21)31-34(22,23)30-32)26-11(8(7)28-13)19-4-16-6-9(15)17-12(35-2)18-10(6)19/h4-5,7-8,11,13H,3H2,1-2,14H3,(H,20,21)(H,22,23)(H2,15,17,18). The fourth-order valence-corrected chi connectivity index (χ4v) is 8.06. The van der Waals surface area contributed by atoms with E-state index >= 15 is 0 Å². The van der Waals surface area contributed by atoms with Crippen LogP contribution in [0.4, 0.5) is 5.82 Å². The first-order chi connectivity index (χ1) is 16.4. The lowest BCUT2D eigenvalue weighted by molar-refractivity contribution is -0.256. The monoisotopic (exact) mass is 575 g/mol. The third kappa shape index (κ3) is 5.04. The van der Waals surface area contributed by atoms with E-state index in [4.69, 9.17) is 37.8 Å². The molecule has 4 N–H and O–H groups in total. The van der Waals surface area contributed by atoms with Crippen LogP contribution in [0, 0.1) is 0 Å². The largest absolute Gasteiger partial charge is 0.515 e. The van der Waals surface area contributed by atoms with Crippen molar-refractivity contribution in [3.8, 4) is 0 Å². The van der Waals surface area contributed by atoms with Gasteiger partial charge in [-0.05, 0) is 6.26 Å². The van der Waals surface area contributed by atoms with Crippen molar-refractivity contribution < 1.29 is 55.3 Å². The molecule has 3 saturated heterocycles. The SMILES string of the molecule is [BH3-][P+]1(OCC2OC(n3cnc4c(N)nc(SC)nc43)C3OC(OC)OC23)OP(=O)(O)OP(=O)(O)O1. The predicted molar refractivity (Wildman–Crippen MR) is 122 cm³/mol. The van der Waals surface area contributed by atoms with Crippen LogP contribution in [0.1, 0.15) is 6.23 Å². The van der Waals surface area contributed by atoms with Crippen molar-refractivity contribution in [1.29, 1.82) is 0 Å². The third-order valence-corrected chi connectivity index (χ3v) is 10.1. The summed E-state index contributed by atoms with van der Waals surface area (Å²) < 4.78 is 68.0. The Morgan fingerprint density at radius 3 is 2.57 bits per heavy atom. The summed E-state index contributed by atoms with van der Waals surface area (Å²) >= 11 is 1.31. The van der Waals surface area contributed by atoms with Gasteiger partial charge in [0.2, 0.25) is 7.57 Å². The molecule has 0 spiro atoms. The first kappa shape index (κ1) is 25.9. The van der Waals surface area contributed by atoms with Crippen LogP contribution in [0.15, 0.2) is 11.5 Å². The van der Waals surface area contributed by atoms with Crippen LogP contribution >= 0.6 is 35.2 Å². The number of hydrogen-bond donors (Lipinski definition) is 3. The van der Waals surface area contributed by atoms with Gasteiger partial charge in [-0.25, -0.2) is 28.6 Å². The summed E-state index contributed by atoms with van der Waals surface area (Å²) in [7, 11) is -12.9. The minimum Gasteiger partial charge on any atom is -0.382 e. The van der Waals surface area contributed by atoms with Crippen molar-refractivity contribution in [2.75, 3.05) is 25.7 Å². The zero-order valence-corrected chi connectivity index (χ0v) is 20.8. The molecule has 7 atom stereocenters. The first-order valence-electron chi connectivity index (χ1n) is 9.32. The van der Waals surface area contributed by atoms with E-state index in [1.165, 1.54) is 25.2 Å². The summed E-state index contributed by atoms with van der Waals surface area (Å²) in [6.07, 6.45) is 0.267. The van der Waals surface area contributed by atoms with Gasteiger partial charge in [0.15, 0.2) is 22.8 Å². The summed E-state index contributed by atoms with van der Waals surface area (Å²) in [4.78, 5) is 32.2. The number of fused-ring (bicyclic) bond motifs is 2. The van der Waals surface area contributed by atoms with E-state index in [-0.39, 0.29) is 12.4 Å². The maximum Gasteiger partial charge on any atom is 0.515 e. The van der Waals surface area contributed by atoms with Crippen LogP contribution in [0.5, 0.6) is 0 Å². The van der Waals surface area contributed by atoms with Gasteiger partial charge < -0.3 is 34.5 Å². The minimum absolute atomic E-state index is 0.202. The molecule has 194 valence electrons. The Kier molecular flexibility index (Phi) is 6.82. The molecule has 3 aliphatic heterocycles. The molecular weight excluding hydrogens is 554 g/mol. The van der Waals surface area contributed by atoms with E-state index in [1.807, 2.05) is 0 Å². The second-order valence-corrected chi connectivity index (χ2v) is 12.2. The number of ether oxygens (including phenoxy) is 4. The molecule has 35 heavy (non-hydrogen) atoms. The van der Waals surface area contributed by atoms with E-state index in [9.17, 15) is 18.9 Å². The third-order valence-electron chi connectivity index (χ3n) is 4.79. The number of nitrogen functional groups attached to an aromatic ring is 1. The fraction of sp³-hybridized carbons (Fsp3) is 0.615. The average molecular weight is 575 g/mol. The van der Waals surface area contributed by atoms with Gasteiger partial charge in [-0.2, -0.15) is 4.31 Å². The van der Waals surface area contributed by atoms with E-state index in [0.29, 0.717) is 16.3 Å². The number of methoxy groups -OCH3 is 1. The molecule has 17 nitrogen and oxygen atoms in total. The topological polar surface area (TPSA) is 218 Å². The van der Waals surface area contributed by atoms with Gasteiger partial charge in [-0.1, -0.05) is 11.8 Å². The van der Waals surface area contributed by atoms with Gasteiger partial charge in [0.25, 0.3) is 14.3 Å². The summed E-state index contributed by atoms with van der Waals surface area (Å²) in [5.41, 5.74) is 6.81. The molecule has 22 heteroatoms. The molecule has 5 rings (SSSR count). The number of nitrogens with two attached hydrogens (primary N) is 1. The lowest BCUT2D eigenvalue weighted by Crippen LogP contribution is -2.32. The lowest BCUT2D eigenvalue weighted by atomic mass is 10.1. The average Bonchev–Trinajstić information content (AvgIpc) is 3.43. The van der Waals surface area contributed by atoms with Crippen LogP contribution < -0.4 is 5.73 Å². The number of thioether (sulfide) groups is 1. The number of anilines is 1. The normalized spacial score (nSPS) is 41.5. The number of hydrogen-bond acceptors (Lipinski definition) is 15. The Bertz CT molecular complexity index is 1220. The molecule has 0 radical (unpaired) electrons. The van der Waals surface area contributed by atoms with Crippen molar-refractivity contribution in [3.63, 3.8) is 0 Å².